The summed E-state index contributed by atoms with van der Waals surface area (Å²) < 4.78 is 5.37. The topological polar surface area (TPSA) is 41.6 Å². The van der Waals surface area contributed by atoms with Gasteiger partial charge in [0.2, 0.25) is 5.91 Å². The molecule has 1 aromatic carbocycles. The van der Waals surface area contributed by atoms with Gasteiger partial charge in [0.05, 0.1) is 12.8 Å². The fourth-order valence-electron chi connectivity index (χ4n) is 2.92. The van der Waals surface area contributed by atoms with E-state index in [2.05, 4.69) is 10.2 Å². The Morgan fingerprint density at radius 2 is 2.00 bits per heavy atom. The Hall–Kier alpha value is -1.55. The largest absolute Gasteiger partial charge is 0.495 e. The van der Waals surface area contributed by atoms with Crippen molar-refractivity contribution in [3.05, 3.63) is 23.8 Å². The maximum Gasteiger partial charge on any atom is 0.227 e. The Bertz CT molecular complexity index is 480. The monoisotopic (exact) mass is 290 g/mol. The van der Waals surface area contributed by atoms with Gasteiger partial charge in [-0.25, -0.2) is 0 Å². The summed E-state index contributed by atoms with van der Waals surface area (Å²) >= 11 is 0. The molecular formula is C17H26N2O2. The number of amides is 1. The first-order chi connectivity index (χ1) is 10.1. The minimum atomic E-state index is 0.134. The number of benzene rings is 1. The number of hydrogen-bond donors (Lipinski definition) is 1. The average molecular weight is 290 g/mol. The molecule has 2 rings (SSSR count). The van der Waals surface area contributed by atoms with Gasteiger partial charge in [-0.1, -0.05) is 25.3 Å². The number of ether oxygens (including phenoxy) is 1. The number of methoxy groups -OCH3 is 1. The molecule has 4 heteroatoms. The van der Waals surface area contributed by atoms with Crippen LogP contribution in [0.3, 0.4) is 0 Å². The third-order valence-electron chi connectivity index (χ3n) is 4.00. The molecule has 0 saturated heterocycles. The van der Waals surface area contributed by atoms with Crippen LogP contribution in [0.25, 0.3) is 0 Å². The van der Waals surface area contributed by atoms with Crippen molar-refractivity contribution in [1.82, 2.24) is 4.90 Å². The Labute approximate surface area is 127 Å². The fourth-order valence-corrected chi connectivity index (χ4v) is 2.92. The van der Waals surface area contributed by atoms with E-state index in [-0.39, 0.29) is 11.8 Å². The molecule has 1 amide bonds. The van der Waals surface area contributed by atoms with Crippen LogP contribution in [0.4, 0.5) is 5.69 Å². The summed E-state index contributed by atoms with van der Waals surface area (Å²) in [6.07, 6.45) is 5.59. The van der Waals surface area contributed by atoms with Gasteiger partial charge in [0.15, 0.2) is 0 Å². The van der Waals surface area contributed by atoms with Crippen LogP contribution in [0.1, 0.15) is 37.7 Å². The van der Waals surface area contributed by atoms with Crippen LogP contribution in [0, 0.1) is 5.92 Å². The summed E-state index contributed by atoms with van der Waals surface area (Å²) in [5, 5.41) is 3.06. The summed E-state index contributed by atoms with van der Waals surface area (Å²) in [6, 6.07) is 5.98. The fraction of sp³-hybridized carbons (Fsp3) is 0.588. The lowest BCUT2D eigenvalue weighted by molar-refractivity contribution is -0.120. The highest BCUT2D eigenvalue weighted by Crippen LogP contribution is 2.29. The molecule has 21 heavy (non-hydrogen) atoms. The zero-order valence-corrected chi connectivity index (χ0v) is 13.3. The Balaban J connectivity index is 2.10. The average Bonchev–Trinajstić information content (AvgIpc) is 2.48. The summed E-state index contributed by atoms with van der Waals surface area (Å²) in [4.78, 5) is 14.5. The molecule has 1 N–H and O–H groups in total. The molecule has 0 aliphatic heterocycles. The van der Waals surface area contributed by atoms with Gasteiger partial charge in [-0.05, 0) is 44.6 Å². The van der Waals surface area contributed by atoms with Gasteiger partial charge in [0.1, 0.15) is 5.75 Å². The van der Waals surface area contributed by atoms with Crippen molar-refractivity contribution in [3.8, 4) is 5.75 Å². The second kappa shape index (κ2) is 7.46. The van der Waals surface area contributed by atoms with Gasteiger partial charge in [-0.2, -0.15) is 0 Å². The standard InChI is InChI=1S/C17H26N2O2/c1-19(2)12-13-9-10-16(21-3)15(11-13)18-17(20)14-7-5-4-6-8-14/h9-11,14H,4-8,12H2,1-3H3,(H,18,20). The minimum Gasteiger partial charge on any atom is -0.495 e. The van der Waals surface area contributed by atoms with E-state index in [1.165, 1.54) is 12.0 Å². The van der Waals surface area contributed by atoms with Crippen LogP contribution in [-0.4, -0.2) is 32.0 Å². The summed E-state index contributed by atoms with van der Waals surface area (Å²) in [5.41, 5.74) is 1.95. The highest BCUT2D eigenvalue weighted by Gasteiger charge is 2.22. The molecule has 0 aromatic heterocycles. The highest BCUT2D eigenvalue weighted by molar-refractivity contribution is 5.94. The molecule has 116 valence electrons. The third-order valence-corrected chi connectivity index (χ3v) is 4.00. The lowest BCUT2D eigenvalue weighted by atomic mass is 9.88. The predicted molar refractivity (Wildman–Crippen MR) is 85.6 cm³/mol. The van der Waals surface area contributed by atoms with Crippen LogP contribution in [0.5, 0.6) is 5.75 Å². The van der Waals surface area contributed by atoms with Crippen molar-refractivity contribution in [1.29, 1.82) is 0 Å². The lowest BCUT2D eigenvalue weighted by Crippen LogP contribution is -2.25. The number of anilines is 1. The van der Waals surface area contributed by atoms with E-state index in [1.54, 1.807) is 7.11 Å². The first-order valence-electron chi connectivity index (χ1n) is 7.72. The first kappa shape index (κ1) is 15.8. The summed E-state index contributed by atoms with van der Waals surface area (Å²) in [7, 11) is 5.70. The van der Waals surface area contributed by atoms with Crippen LogP contribution in [-0.2, 0) is 11.3 Å². The Morgan fingerprint density at radius 3 is 2.62 bits per heavy atom. The molecule has 0 unspecified atom stereocenters. The SMILES string of the molecule is COc1ccc(CN(C)C)cc1NC(=O)C1CCCCC1. The van der Waals surface area contributed by atoms with Crippen LogP contribution in [0.15, 0.2) is 18.2 Å². The lowest BCUT2D eigenvalue weighted by Gasteiger charge is -2.22. The molecule has 4 nitrogen and oxygen atoms in total. The molecular weight excluding hydrogens is 264 g/mol. The van der Waals surface area contributed by atoms with Crippen molar-refractivity contribution in [2.75, 3.05) is 26.5 Å². The van der Waals surface area contributed by atoms with Crippen molar-refractivity contribution in [2.45, 2.75) is 38.6 Å². The number of hydrogen-bond acceptors (Lipinski definition) is 3. The van der Waals surface area contributed by atoms with Crippen LogP contribution < -0.4 is 10.1 Å². The minimum absolute atomic E-state index is 0.134. The van der Waals surface area contributed by atoms with Gasteiger partial charge in [0, 0.05) is 12.5 Å². The van der Waals surface area contributed by atoms with Crippen molar-refractivity contribution >= 4 is 11.6 Å². The van der Waals surface area contributed by atoms with E-state index >= 15 is 0 Å². The molecule has 1 aromatic rings. The number of rotatable bonds is 5. The molecule has 0 atom stereocenters. The van der Waals surface area contributed by atoms with Crippen molar-refractivity contribution < 1.29 is 9.53 Å². The number of carbonyl (C=O) groups excluding carboxylic acids is 1. The zero-order valence-electron chi connectivity index (χ0n) is 13.3. The van der Waals surface area contributed by atoms with E-state index in [1.807, 2.05) is 32.3 Å². The first-order valence-corrected chi connectivity index (χ1v) is 7.72. The van der Waals surface area contributed by atoms with Gasteiger partial charge >= 0.3 is 0 Å². The molecule has 1 aliphatic rings. The Kier molecular flexibility index (Phi) is 5.62. The molecule has 0 bridgehead atoms. The van der Waals surface area contributed by atoms with E-state index in [0.29, 0.717) is 0 Å². The summed E-state index contributed by atoms with van der Waals surface area (Å²) in [5.74, 6) is 1.01. The maximum atomic E-state index is 12.4. The molecule has 1 aliphatic carbocycles. The molecule has 0 spiro atoms. The molecule has 0 heterocycles. The molecule has 1 saturated carbocycles. The van der Waals surface area contributed by atoms with Crippen molar-refractivity contribution in [2.24, 2.45) is 5.92 Å². The third kappa shape index (κ3) is 4.46. The van der Waals surface area contributed by atoms with E-state index in [4.69, 9.17) is 4.74 Å². The molecule has 0 radical (unpaired) electrons. The van der Waals surface area contributed by atoms with E-state index in [0.717, 1.165) is 43.7 Å². The second-order valence-electron chi connectivity index (χ2n) is 6.10. The van der Waals surface area contributed by atoms with E-state index < -0.39 is 0 Å². The number of nitrogens with one attached hydrogen (secondary N) is 1. The van der Waals surface area contributed by atoms with E-state index in [9.17, 15) is 4.79 Å². The van der Waals surface area contributed by atoms with Gasteiger partial charge in [-0.3, -0.25) is 4.79 Å². The predicted octanol–water partition coefficient (Wildman–Crippen LogP) is 3.28. The summed E-state index contributed by atoms with van der Waals surface area (Å²) in [6.45, 7) is 0.844. The zero-order chi connectivity index (χ0) is 15.2. The smallest absolute Gasteiger partial charge is 0.227 e. The Morgan fingerprint density at radius 1 is 1.29 bits per heavy atom. The highest BCUT2D eigenvalue weighted by atomic mass is 16.5. The second-order valence-corrected chi connectivity index (χ2v) is 6.10. The van der Waals surface area contributed by atoms with Gasteiger partial charge < -0.3 is 15.0 Å². The number of nitrogens with zero attached hydrogens (tertiary/aromatic N) is 1. The number of carbonyl (C=O) groups is 1. The van der Waals surface area contributed by atoms with Crippen LogP contribution in [0.2, 0.25) is 0 Å². The van der Waals surface area contributed by atoms with Gasteiger partial charge in [-0.15, -0.1) is 0 Å². The quantitative estimate of drug-likeness (QED) is 0.905. The maximum absolute atomic E-state index is 12.4. The van der Waals surface area contributed by atoms with Gasteiger partial charge in [0.25, 0.3) is 0 Å². The van der Waals surface area contributed by atoms with Crippen molar-refractivity contribution in [3.63, 3.8) is 0 Å². The normalized spacial score (nSPS) is 16.0. The van der Waals surface area contributed by atoms with Crippen LogP contribution >= 0.6 is 0 Å². The molecule has 1 fully saturated rings.